The maximum atomic E-state index is 12.7. The molecule has 8 heteroatoms. The van der Waals surface area contributed by atoms with Crippen LogP contribution in [0, 0.1) is 0 Å². The molecule has 0 bridgehead atoms. The predicted molar refractivity (Wildman–Crippen MR) is 128 cm³/mol. The van der Waals surface area contributed by atoms with Gasteiger partial charge >= 0.3 is 0 Å². The van der Waals surface area contributed by atoms with Crippen molar-refractivity contribution in [1.29, 1.82) is 0 Å². The van der Waals surface area contributed by atoms with Crippen molar-refractivity contribution in [2.45, 2.75) is 38.3 Å². The smallest absolute Gasteiger partial charge is 0.255 e. The summed E-state index contributed by atoms with van der Waals surface area (Å²) in [6, 6.07) is 17.3. The number of rotatable bonds is 7. The quantitative estimate of drug-likeness (QED) is 0.539. The monoisotopic (exact) mass is 484 g/mol. The van der Waals surface area contributed by atoms with Gasteiger partial charge in [-0.05, 0) is 46.2 Å². The van der Waals surface area contributed by atoms with Crippen molar-refractivity contribution in [1.82, 2.24) is 9.80 Å². The Labute approximate surface area is 201 Å². The lowest BCUT2D eigenvalue weighted by Gasteiger charge is -2.25. The number of thiophene rings is 1. The van der Waals surface area contributed by atoms with E-state index in [1.165, 1.54) is 21.1 Å². The van der Waals surface area contributed by atoms with Gasteiger partial charge in [-0.25, -0.2) is 0 Å². The molecule has 172 valence electrons. The van der Waals surface area contributed by atoms with Crippen LogP contribution < -0.4 is 0 Å². The molecule has 2 atom stereocenters. The van der Waals surface area contributed by atoms with E-state index < -0.39 is 24.0 Å². The van der Waals surface area contributed by atoms with Crippen molar-refractivity contribution >= 4 is 34.8 Å². The molecule has 1 aromatic heterocycles. The van der Waals surface area contributed by atoms with Crippen molar-refractivity contribution in [2.24, 2.45) is 0 Å². The molecule has 2 aromatic carbocycles. The van der Waals surface area contributed by atoms with E-state index in [4.69, 9.17) is 11.6 Å². The van der Waals surface area contributed by atoms with Gasteiger partial charge in [0.05, 0.1) is 6.54 Å². The summed E-state index contributed by atoms with van der Waals surface area (Å²) in [7, 11) is 1.54. The molecule has 0 saturated heterocycles. The summed E-state index contributed by atoms with van der Waals surface area (Å²) >= 11 is 7.74. The fourth-order valence-corrected chi connectivity index (χ4v) is 5.09. The highest BCUT2D eigenvalue weighted by atomic mass is 35.5. The number of hydrogen-bond donors (Lipinski definition) is 2. The number of aliphatic hydroxyl groups is 2. The summed E-state index contributed by atoms with van der Waals surface area (Å²) in [5, 5.41) is 23.5. The van der Waals surface area contributed by atoms with Crippen LogP contribution >= 0.6 is 22.9 Å². The van der Waals surface area contributed by atoms with Crippen LogP contribution in [-0.2, 0) is 35.6 Å². The van der Waals surface area contributed by atoms with Gasteiger partial charge in [-0.3, -0.25) is 9.59 Å². The molecule has 3 aromatic rings. The summed E-state index contributed by atoms with van der Waals surface area (Å²) in [4.78, 5) is 29.1. The molecule has 0 saturated carbocycles. The summed E-state index contributed by atoms with van der Waals surface area (Å²) in [6.45, 7) is 0.970. The number of fused-ring (bicyclic) bond motifs is 1. The second kappa shape index (κ2) is 10.1. The molecule has 0 unspecified atom stereocenters. The Kier molecular flexibility index (Phi) is 7.14. The maximum absolute atomic E-state index is 12.7. The number of aliphatic hydroxyl groups excluding tert-OH is 2. The Morgan fingerprint density at radius 2 is 1.70 bits per heavy atom. The molecule has 2 heterocycles. The van der Waals surface area contributed by atoms with Gasteiger partial charge < -0.3 is 20.0 Å². The molecule has 6 nitrogen and oxygen atoms in total. The number of hydrogen-bond acceptors (Lipinski definition) is 5. The van der Waals surface area contributed by atoms with Crippen LogP contribution in [0.4, 0.5) is 0 Å². The first-order valence-electron chi connectivity index (χ1n) is 10.6. The van der Waals surface area contributed by atoms with E-state index >= 15 is 0 Å². The molecular formula is C25H25ClN2O4S. The van der Waals surface area contributed by atoms with Crippen LogP contribution in [0.5, 0.6) is 0 Å². The van der Waals surface area contributed by atoms with Crippen LogP contribution in [0.3, 0.4) is 0 Å². The van der Waals surface area contributed by atoms with Crippen molar-refractivity contribution in [2.75, 3.05) is 7.05 Å². The van der Waals surface area contributed by atoms with Gasteiger partial charge in [0.1, 0.15) is 0 Å². The Balaban J connectivity index is 1.33. The Bertz CT molecular complexity index is 1140. The number of nitrogens with zero attached hydrogens (tertiary/aromatic N) is 2. The predicted octanol–water partition coefficient (Wildman–Crippen LogP) is 3.21. The minimum Gasteiger partial charge on any atom is -0.380 e. The summed E-state index contributed by atoms with van der Waals surface area (Å²) in [6.07, 6.45) is -2.95. The number of likely N-dealkylation sites (N-methyl/N-ethyl adjacent to an activating group) is 1. The first-order valence-corrected chi connectivity index (χ1v) is 11.9. The van der Waals surface area contributed by atoms with Crippen molar-refractivity contribution < 1.29 is 19.8 Å². The van der Waals surface area contributed by atoms with Crippen molar-refractivity contribution in [3.63, 3.8) is 0 Å². The standard InChI is InChI=1S/C25H25ClN2O4S/c1-27(14-20-11-16(15-33-20)10-17-6-4-5-9-21(17)26)24(31)22(29)23(30)25(32)28-12-18-7-2-3-8-19(18)13-28/h2-9,11,15,22-23,29-30H,10,12-14H2,1H3/t22-,23-/m1/s1. The number of carbonyl (C=O) groups is 2. The average Bonchev–Trinajstić information content (AvgIpc) is 3.45. The SMILES string of the molecule is CN(Cc1cc(Cc2ccccc2Cl)cs1)C(=O)[C@H](O)[C@@H](O)C(=O)N1Cc2ccccc2C1. The van der Waals surface area contributed by atoms with Gasteiger partial charge in [-0.15, -0.1) is 11.3 Å². The molecule has 2 N–H and O–H groups in total. The summed E-state index contributed by atoms with van der Waals surface area (Å²) < 4.78 is 0. The normalized spacial score (nSPS) is 14.6. The van der Waals surface area contributed by atoms with Crippen molar-refractivity contribution in [3.8, 4) is 0 Å². The molecule has 2 amide bonds. The molecule has 0 fully saturated rings. The second-order valence-corrected chi connectivity index (χ2v) is 9.64. The van der Waals surface area contributed by atoms with Gasteiger partial charge in [0, 0.05) is 30.0 Å². The largest absolute Gasteiger partial charge is 0.380 e. The van der Waals surface area contributed by atoms with E-state index in [0.717, 1.165) is 27.1 Å². The molecule has 4 rings (SSSR count). The Hall–Kier alpha value is -2.71. The highest BCUT2D eigenvalue weighted by molar-refractivity contribution is 7.10. The summed E-state index contributed by atoms with van der Waals surface area (Å²) in [5.41, 5.74) is 4.10. The third-order valence-corrected chi connectivity index (χ3v) is 7.13. The highest BCUT2D eigenvalue weighted by Crippen LogP contribution is 2.25. The van der Waals surface area contributed by atoms with Gasteiger partial charge in [0.2, 0.25) is 0 Å². The molecule has 0 radical (unpaired) electrons. The maximum Gasteiger partial charge on any atom is 0.255 e. The number of halogens is 1. The number of benzene rings is 2. The first kappa shape index (κ1) is 23.4. The van der Waals surface area contributed by atoms with Crippen LogP contribution in [0.2, 0.25) is 5.02 Å². The zero-order valence-corrected chi connectivity index (χ0v) is 19.7. The fraction of sp³-hybridized carbons (Fsp3) is 0.280. The van der Waals surface area contributed by atoms with Crippen molar-refractivity contribution in [3.05, 3.63) is 92.1 Å². The third kappa shape index (κ3) is 5.28. The van der Waals surface area contributed by atoms with Gasteiger partial charge in [-0.1, -0.05) is 54.1 Å². The van der Waals surface area contributed by atoms with Crippen LogP contribution in [-0.4, -0.2) is 51.1 Å². The minimum absolute atomic E-state index is 0.263. The highest BCUT2D eigenvalue weighted by Gasteiger charge is 2.36. The average molecular weight is 485 g/mol. The lowest BCUT2D eigenvalue weighted by Crippen LogP contribution is -2.49. The molecule has 0 spiro atoms. The third-order valence-electron chi connectivity index (χ3n) is 5.79. The topological polar surface area (TPSA) is 81.1 Å². The van der Waals surface area contributed by atoms with Crippen LogP contribution in [0.25, 0.3) is 0 Å². The van der Waals surface area contributed by atoms with Crippen LogP contribution in [0.15, 0.2) is 60.0 Å². The zero-order valence-electron chi connectivity index (χ0n) is 18.1. The number of carbonyl (C=O) groups excluding carboxylic acids is 2. The Morgan fingerprint density at radius 3 is 2.36 bits per heavy atom. The molecule has 0 aliphatic carbocycles. The van der Waals surface area contributed by atoms with E-state index in [9.17, 15) is 19.8 Å². The molecule has 1 aliphatic rings. The lowest BCUT2D eigenvalue weighted by atomic mass is 10.1. The lowest BCUT2D eigenvalue weighted by molar-refractivity contribution is -0.158. The first-order chi connectivity index (χ1) is 15.8. The number of amides is 2. The van der Waals surface area contributed by atoms with E-state index in [2.05, 4.69) is 0 Å². The van der Waals surface area contributed by atoms with Gasteiger partial charge in [0.25, 0.3) is 11.8 Å². The summed E-state index contributed by atoms with van der Waals surface area (Å²) in [5.74, 6) is -1.35. The van der Waals surface area contributed by atoms with E-state index in [1.807, 2.05) is 60.0 Å². The van der Waals surface area contributed by atoms with E-state index in [1.54, 1.807) is 7.05 Å². The van der Waals surface area contributed by atoms with Gasteiger partial charge in [0.15, 0.2) is 12.2 Å². The zero-order chi connectivity index (χ0) is 23.5. The second-order valence-electron chi connectivity index (χ2n) is 8.24. The van der Waals surface area contributed by atoms with Crippen LogP contribution in [0.1, 0.15) is 27.1 Å². The minimum atomic E-state index is -1.83. The van der Waals surface area contributed by atoms with E-state index in [-0.39, 0.29) is 6.54 Å². The Morgan fingerprint density at radius 1 is 1.06 bits per heavy atom. The molecule has 33 heavy (non-hydrogen) atoms. The fourth-order valence-electron chi connectivity index (χ4n) is 3.95. The molecule has 1 aliphatic heterocycles. The van der Waals surface area contributed by atoms with E-state index in [0.29, 0.717) is 24.5 Å². The van der Waals surface area contributed by atoms with Gasteiger partial charge in [-0.2, -0.15) is 0 Å². The molecular weight excluding hydrogens is 460 g/mol.